The topological polar surface area (TPSA) is 55.6 Å². The molecule has 0 radical (unpaired) electrons. The highest BCUT2D eigenvalue weighted by atomic mass is 32.1. The minimum Gasteiger partial charge on any atom is -0.475 e. The highest BCUT2D eigenvalue weighted by Gasteiger charge is 2.45. The number of benzene rings is 1. The van der Waals surface area contributed by atoms with Crippen molar-refractivity contribution in [2.45, 2.75) is 39.2 Å². The first-order chi connectivity index (χ1) is 9.43. The standard InChI is InChI=1S/C15H20N2O2S/c1-4-15(5-2)14(18)17(9-13(16)20)11-7-6-10(3)8-12(11)19-15/h6-8H,4-5,9H2,1-3H3,(H2,16,20). The van der Waals surface area contributed by atoms with E-state index in [0.717, 1.165) is 17.0 Å². The van der Waals surface area contributed by atoms with Crippen LogP contribution in [-0.4, -0.2) is 23.0 Å². The number of carbonyl (C=O) groups excluding carboxylic acids is 1. The Balaban J connectivity index is 2.55. The van der Waals surface area contributed by atoms with Gasteiger partial charge in [-0.25, -0.2) is 0 Å². The molecule has 1 heterocycles. The molecule has 1 aliphatic heterocycles. The van der Waals surface area contributed by atoms with Gasteiger partial charge < -0.3 is 10.5 Å². The van der Waals surface area contributed by atoms with Crippen LogP contribution >= 0.6 is 12.2 Å². The summed E-state index contributed by atoms with van der Waals surface area (Å²) in [6.45, 7) is 6.16. The molecule has 4 nitrogen and oxygen atoms in total. The number of nitrogens with zero attached hydrogens (tertiary/aromatic N) is 1. The van der Waals surface area contributed by atoms with Gasteiger partial charge in [-0.2, -0.15) is 0 Å². The van der Waals surface area contributed by atoms with E-state index < -0.39 is 5.60 Å². The lowest BCUT2D eigenvalue weighted by Crippen LogP contribution is -2.57. The highest BCUT2D eigenvalue weighted by molar-refractivity contribution is 7.80. The van der Waals surface area contributed by atoms with Crippen molar-refractivity contribution in [2.75, 3.05) is 11.4 Å². The highest BCUT2D eigenvalue weighted by Crippen LogP contribution is 2.40. The normalized spacial score (nSPS) is 16.6. The average molecular weight is 292 g/mol. The Kier molecular flexibility index (Phi) is 3.99. The SMILES string of the molecule is CCC1(CC)Oc2cc(C)ccc2N(CC(N)=S)C1=O. The van der Waals surface area contributed by atoms with Crippen LogP contribution in [0.2, 0.25) is 0 Å². The average Bonchev–Trinajstić information content (AvgIpc) is 2.41. The Bertz CT molecular complexity index is 553. The van der Waals surface area contributed by atoms with Gasteiger partial charge in [-0.1, -0.05) is 32.1 Å². The number of nitrogens with two attached hydrogens (primary N) is 1. The van der Waals surface area contributed by atoms with E-state index in [1.165, 1.54) is 0 Å². The molecule has 1 aliphatic rings. The molecular weight excluding hydrogens is 272 g/mol. The number of thiocarbonyl (C=S) groups is 1. The van der Waals surface area contributed by atoms with E-state index in [1.54, 1.807) is 4.90 Å². The molecule has 0 spiro atoms. The van der Waals surface area contributed by atoms with Crippen molar-refractivity contribution in [3.63, 3.8) is 0 Å². The molecular formula is C15H20N2O2S. The van der Waals surface area contributed by atoms with Gasteiger partial charge in [0.2, 0.25) is 0 Å². The number of hydrogen-bond donors (Lipinski definition) is 1. The van der Waals surface area contributed by atoms with Gasteiger partial charge in [-0.15, -0.1) is 0 Å². The second-order valence-corrected chi connectivity index (χ2v) is 5.66. The van der Waals surface area contributed by atoms with Crippen LogP contribution in [0.4, 0.5) is 5.69 Å². The maximum absolute atomic E-state index is 12.8. The van der Waals surface area contributed by atoms with E-state index in [-0.39, 0.29) is 12.5 Å². The number of aryl methyl sites for hydroxylation is 1. The first-order valence-corrected chi connectivity index (χ1v) is 7.24. The van der Waals surface area contributed by atoms with Crippen LogP contribution < -0.4 is 15.4 Å². The van der Waals surface area contributed by atoms with Gasteiger partial charge in [0.05, 0.1) is 17.2 Å². The first kappa shape index (κ1) is 14.8. The Morgan fingerprint density at radius 3 is 2.60 bits per heavy atom. The Morgan fingerprint density at radius 2 is 2.05 bits per heavy atom. The number of ether oxygens (including phenoxy) is 1. The third-order valence-corrected chi connectivity index (χ3v) is 3.93. The van der Waals surface area contributed by atoms with E-state index in [9.17, 15) is 4.79 Å². The van der Waals surface area contributed by atoms with Gasteiger partial charge in [-0.05, 0) is 37.5 Å². The van der Waals surface area contributed by atoms with Gasteiger partial charge in [0.1, 0.15) is 5.75 Å². The van der Waals surface area contributed by atoms with Crippen LogP contribution in [0.3, 0.4) is 0 Å². The second-order valence-electron chi connectivity index (χ2n) is 5.13. The number of rotatable bonds is 4. The smallest absolute Gasteiger partial charge is 0.271 e. The number of carbonyl (C=O) groups is 1. The predicted molar refractivity (Wildman–Crippen MR) is 84.3 cm³/mol. The summed E-state index contributed by atoms with van der Waals surface area (Å²) in [5.74, 6) is 0.663. The maximum atomic E-state index is 12.8. The molecule has 2 N–H and O–H groups in total. The van der Waals surface area contributed by atoms with Crippen LogP contribution in [0, 0.1) is 6.92 Å². The van der Waals surface area contributed by atoms with Crippen LogP contribution in [0.25, 0.3) is 0 Å². The molecule has 2 rings (SSSR count). The van der Waals surface area contributed by atoms with Crippen molar-refractivity contribution in [1.29, 1.82) is 0 Å². The lowest BCUT2D eigenvalue weighted by Gasteiger charge is -2.42. The summed E-state index contributed by atoms with van der Waals surface area (Å²) < 4.78 is 6.05. The largest absolute Gasteiger partial charge is 0.475 e. The molecule has 0 aromatic heterocycles. The molecule has 0 unspecified atom stereocenters. The summed E-state index contributed by atoms with van der Waals surface area (Å²) in [7, 11) is 0. The molecule has 0 saturated carbocycles. The van der Waals surface area contributed by atoms with Gasteiger partial charge in [0.25, 0.3) is 5.91 Å². The Labute approximate surface area is 124 Å². The van der Waals surface area contributed by atoms with Crippen molar-refractivity contribution >= 4 is 28.8 Å². The molecule has 1 aromatic carbocycles. The zero-order valence-electron chi connectivity index (χ0n) is 12.1. The van der Waals surface area contributed by atoms with Gasteiger partial charge in [-0.3, -0.25) is 9.69 Å². The number of amides is 1. The molecule has 1 amide bonds. The van der Waals surface area contributed by atoms with E-state index in [0.29, 0.717) is 17.8 Å². The molecule has 108 valence electrons. The predicted octanol–water partition coefficient (Wildman–Crippen LogP) is 2.57. The summed E-state index contributed by atoms with van der Waals surface area (Å²) >= 11 is 4.97. The fourth-order valence-electron chi connectivity index (χ4n) is 2.55. The lowest BCUT2D eigenvalue weighted by molar-refractivity contribution is -0.136. The first-order valence-electron chi connectivity index (χ1n) is 6.83. The molecule has 0 fully saturated rings. The van der Waals surface area contributed by atoms with Crippen LogP contribution in [0.5, 0.6) is 5.75 Å². The van der Waals surface area contributed by atoms with Crippen molar-refractivity contribution in [2.24, 2.45) is 5.73 Å². The summed E-state index contributed by atoms with van der Waals surface area (Å²) in [6.07, 6.45) is 1.23. The lowest BCUT2D eigenvalue weighted by atomic mass is 9.92. The van der Waals surface area contributed by atoms with Crippen LogP contribution in [0.15, 0.2) is 18.2 Å². The zero-order chi connectivity index (χ0) is 14.9. The molecule has 0 atom stereocenters. The van der Waals surface area contributed by atoms with E-state index in [1.807, 2.05) is 39.0 Å². The summed E-state index contributed by atoms with van der Waals surface area (Å²) in [5.41, 5.74) is 6.66. The second kappa shape index (κ2) is 5.40. The third kappa shape index (κ3) is 2.38. The molecule has 0 saturated heterocycles. The van der Waals surface area contributed by atoms with Gasteiger partial charge in [0.15, 0.2) is 5.60 Å². The zero-order valence-corrected chi connectivity index (χ0v) is 12.9. The summed E-state index contributed by atoms with van der Waals surface area (Å²) in [6, 6.07) is 5.79. The van der Waals surface area contributed by atoms with Gasteiger partial charge >= 0.3 is 0 Å². The monoisotopic (exact) mass is 292 g/mol. The van der Waals surface area contributed by atoms with Crippen molar-refractivity contribution in [3.8, 4) is 5.75 Å². The molecule has 0 aliphatic carbocycles. The van der Waals surface area contributed by atoms with Crippen LogP contribution in [0.1, 0.15) is 32.3 Å². The molecule has 0 bridgehead atoms. The molecule has 5 heteroatoms. The van der Waals surface area contributed by atoms with E-state index in [2.05, 4.69) is 0 Å². The Morgan fingerprint density at radius 1 is 1.40 bits per heavy atom. The third-order valence-electron chi connectivity index (χ3n) is 3.80. The van der Waals surface area contributed by atoms with Crippen molar-refractivity contribution in [3.05, 3.63) is 23.8 Å². The fraction of sp³-hybridized carbons (Fsp3) is 0.467. The maximum Gasteiger partial charge on any atom is 0.271 e. The van der Waals surface area contributed by atoms with Crippen LogP contribution in [-0.2, 0) is 4.79 Å². The minimum absolute atomic E-state index is 0.0633. The Hall–Kier alpha value is -1.62. The quantitative estimate of drug-likeness (QED) is 0.867. The summed E-state index contributed by atoms with van der Waals surface area (Å²) in [4.78, 5) is 14.7. The minimum atomic E-state index is -0.814. The number of fused-ring (bicyclic) bond motifs is 1. The summed E-state index contributed by atoms with van der Waals surface area (Å²) in [5, 5.41) is 0. The van der Waals surface area contributed by atoms with E-state index in [4.69, 9.17) is 22.7 Å². The fourth-order valence-corrected chi connectivity index (χ4v) is 2.67. The van der Waals surface area contributed by atoms with Crippen molar-refractivity contribution < 1.29 is 9.53 Å². The number of anilines is 1. The van der Waals surface area contributed by atoms with Gasteiger partial charge in [0, 0.05) is 0 Å². The molecule has 1 aromatic rings. The molecule has 20 heavy (non-hydrogen) atoms. The van der Waals surface area contributed by atoms with Crippen molar-refractivity contribution in [1.82, 2.24) is 0 Å². The van der Waals surface area contributed by atoms with E-state index >= 15 is 0 Å². The number of hydrogen-bond acceptors (Lipinski definition) is 3.